The Kier molecular flexibility index (Phi) is 4.60. The zero-order valence-electron chi connectivity index (χ0n) is 18.4. The lowest BCUT2D eigenvalue weighted by Crippen LogP contribution is -2.66. The third kappa shape index (κ3) is 2.52. The zero-order chi connectivity index (χ0) is 22.0. The van der Waals surface area contributed by atoms with Crippen molar-refractivity contribution in [1.82, 2.24) is 10.2 Å². The van der Waals surface area contributed by atoms with Crippen LogP contribution in [0.5, 0.6) is 0 Å². The van der Waals surface area contributed by atoms with Crippen molar-refractivity contribution in [3.8, 4) is 0 Å². The number of carbonyl (C=O) groups is 3. The van der Waals surface area contributed by atoms with E-state index in [1.807, 2.05) is 44.2 Å². The maximum Gasteiger partial charge on any atom is 0.247 e. The summed E-state index contributed by atoms with van der Waals surface area (Å²) in [6, 6.07) is 6.68. The summed E-state index contributed by atoms with van der Waals surface area (Å²) in [5, 5.41) is 2.95. The average molecular weight is 410 g/mol. The molecule has 1 aromatic carbocycles. The van der Waals surface area contributed by atoms with E-state index in [4.69, 9.17) is 0 Å². The van der Waals surface area contributed by atoms with E-state index >= 15 is 0 Å². The standard InChI is InChI=1S/C24H31N3O3/c1-7-23(5,6)24-13-19-20(29)25-17(12-14(2)3)21(30)27(19)22(24)26(15(4)28)18-11-9-8-10-16(18)24/h7-11,14,17,19,22H,1,12-13H2,2-6H3,(H,25,29)/t17-,19+,22-,24-/m1/s1. The second-order valence-corrected chi connectivity index (χ2v) is 9.83. The smallest absolute Gasteiger partial charge is 0.247 e. The third-order valence-corrected chi connectivity index (χ3v) is 7.32. The lowest BCUT2D eigenvalue weighted by Gasteiger charge is -2.46. The monoisotopic (exact) mass is 409 g/mol. The van der Waals surface area contributed by atoms with Crippen LogP contribution in [0.4, 0.5) is 5.69 Å². The van der Waals surface area contributed by atoms with Crippen LogP contribution < -0.4 is 10.2 Å². The summed E-state index contributed by atoms with van der Waals surface area (Å²) in [4.78, 5) is 43.1. The average Bonchev–Trinajstić information content (AvgIpc) is 3.17. The molecule has 0 aromatic heterocycles. The van der Waals surface area contributed by atoms with Crippen LogP contribution in [0.15, 0.2) is 36.9 Å². The molecule has 3 amide bonds. The molecule has 0 radical (unpaired) electrons. The number of nitrogens with one attached hydrogen (secondary N) is 1. The molecule has 1 N–H and O–H groups in total. The first kappa shape index (κ1) is 20.6. The topological polar surface area (TPSA) is 69.7 Å². The van der Waals surface area contributed by atoms with Gasteiger partial charge in [0.25, 0.3) is 0 Å². The number of fused-ring (bicyclic) bond motifs is 5. The zero-order valence-corrected chi connectivity index (χ0v) is 18.4. The van der Waals surface area contributed by atoms with E-state index in [0.717, 1.165) is 11.3 Å². The van der Waals surface area contributed by atoms with Gasteiger partial charge in [-0.15, -0.1) is 6.58 Å². The molecule has 0 bridgehead atoms. The molecule has 30 heavy (non-hydrogen) atoms. The fraction of sp³-hybridized carbons (Fsp3) is 0.542. The van der Waals surface area contributed by atoms with Gasteiger partial charge in [0.15, 0.2) is 0 Å². The molecule has 3 aliphatic heterocycles. The highest BCUT2D eigenvalue weighted by molar-refractivity contribution is 6.02. The van der Waals surface area contributed by atoms with Gasteiger partial charge in [0, 0.05) is 18.0 Å². The van der Waals surface area contributed by atoms with E-state index < -0.39 is 29.1 Å². The maximum absolute atomic E-state index is 13.7. The minimum absolute atomic E-state index is 0.0981. The van der Waals surface area contributed by atoms with Gasteiger partial charge in [0.2, 0.25) is 17.7 Å². The van der Waals surface area contributed by atoms with Crippen molar-refractivity contribution in [3.05, 3.63) is 42.5 Å². The molecule has 0 saturated carbocycles. The number of benzene rings is 1. The Hall–Kier alpha value is -2.63. The molecule has 3 aliphatic rings. The first-order valence-corrected chi connectivity index (χ1v) is 10.7. The van der Waals surface area contributed by atoms with Crippen LogP contribution in [0.25, 0.3) is 0 Å². The van der Waals surface area contributed by atoms with Crippen LogP contribution >= 0.6 is 0 Å². The number of anilines is 1. The molecule has 0 unspecified atom stereocenters. The van der Waals surface area contributed by atoms with Crippen molar-refractivity contribution in [2.45, 2.75) is 71.1 Å². The van der Waals surface area contributed by atoms with Gasteiger partial charge in [-0.05, 0) is 35.8 Å². The van der Waals surface area contributed by atoms with E-state index in [1.54, 1.807) is 9.80 Å². The van der Waals surface area contributed by atoms with Gasteiger partial charge in [-0.1, -0.05) is 52.0 Å². The number of rotatable bonds is 4. The quantitative estimate of drug-likeness (QED) is 0.778. The first-order chi connectivity index (χ1) is 14.1. The summed E-state index contributed by atoms with van der Waals surface area (Å²) >= 11 is 0. The van der Waals surface area contributed by atoms with Crippen LogP contribution in [0.2, 0.25) is 0 Å². The summed E-state index contributed by atoms with van der Waals surface area (Å²) in [6.45, 7) is 13.8. The SMILES string of the molecule is C=CC(C)(C)[C@@]12C[C@H]3C(=O)N[C@H](CC(C)C)C(=O)N3[C@H]1N(C(C)=O)c1ccccc12. The van der Waals surface area contributed by atoms with Crippen molar-refractivity contribution in [2.75, 3.05) is 4.90 Å². The second kappa shape index (κ2) is 6.69. The number of carbonyl (C=O) groups excluding carboxylic acids is 3. The summed E-state index contributed by atoms with van der Waals surface area (Å²) in [5.41, 5.74) is 0.762. The summed E-state index contributed by atoms with van der Waals surface area (Å²) in [7, 11) is 0. The van der Waals surface area contributed by atoms with Gasteiger partial charge in [0.05, 0.1) is 0 Å². The van der Waals surface area contributed by atoms with Crippen LogP contribution in [0.1, 0.15) is 53.0 Å². The molecule has 160 valence electrons. The number of piperazine rings is 1. The number of allylic oxidation sites excluding steroid dienone is 1. The molecule has 1 aromatic rings. The Balaban J connectivity index is 1.95. The highest BCUT2D eigenvalue weighted by Gasteiger charge is 2.69. The largest absolute Gasteiger partial charge is 0.342 e. The van der Waals surface area contributed by atoms with Gasteiger partial charge >= 0.3 is 0 Å². The fourth-order valence-corrected chi connectivity index (χ4v) is 5.80. The van der Waals surface area contributed by atoms with Crippen LogP contribution in [-0.4, -0.2) is 40.9 Å². The van der Waals surface area contributed by atoms with Crippen LogP contribution in [0.3, 0.4) is 0 Å². The van der Waals surface area contributed by atoms with Crippen molar-refractivity contribution in [2.24, 2.45) is 11.3 Å². The highest BCUT2D eigenvalue weighted by Crippen LogP contribution is 2.62. The minimum atomic E-state index is -0.610. The highest BCUT2D eigenvalue weighted by atomic mass is 16.2. The number of para-hydroxylation sites is 1. The van der Waals surface area contributed by atoms with Crippen molar-refractivity contribution >= 4 is 23.4 Å². The predicted octanol–water partition coefficient (Wildman–Crippen LogP) is 2.97. The van der Waals surface area contributed by atoms with Gasteiger partial charge in [-0.3, -0.25) is 19.3 Å². The first-order valence-electron chi connectivity index (χ1n) is 10.7. The lowest BCUT2D eigenvalue weighted by atomic mass is 9.60. The molecular weight excluding hydrogens is 378 g/mol. The second-order valence-electron chi connectivity index (χ2n) is 9.83. The molecule has 3 heterocycles. The molecule has 6 nitrogen and oxygen atoms in total. The molecule has 2 fully saturated rings. The molecule has 2 saturated heterocycles. The Labute approximate surface area is 178 Å². The Morgan fingerprint density at radius 1 is 1.33 bits per heavy atom. The lowest BCUT2D eigenvalue weighted by molar-refractivity contribution is -0.150. The van der Waals surface area contributed by atoms with E-state index in [2.05, 4.69) is 25.7 Å². The van der Waals surface area contributed by atoms with Gasteiger partial charge in [0.1, 0.15) is 18.2 Å². The summed E-state index contributed by atoms with van der Waals surface area (Å²) in [6.07, 6.45) is 2.39. The number of hydrogen-bond acceptors (Lipinski definition) is 3. The van der Waals surface area contributed by atoms with Crippen LogP contribution in [-0.2, 0) is 19.8 Å². The fourth-order valence-electron chi connectivity index (χ4n) is 5.80. The Morgan fingerprint density at radius 2 is 2.00 bits per heavy atom. The Bertz CT molecular complexity index is 937. The molecule has 0 spiro atoms. The molecule has 4 rings (SSSR count). The van der Waals surface area contributed by atoms with Gasteiger partial charge in [-0.2, -0.15) is 0 Å². The molecule has 6 heteroatoms. The minimum Gasteiger partial charge on any atom is -0.342 e. The predicted molar refractivity (Wildman–Crippen MR) is 116 cm³/mol. The molecule has 0 aliphatic carbocycles. The van der Waals surface area contributed by atoms with Crippen molar-refractivity contribution < 1.29 is 14.4 Å². The van der Waals surface area contributed by atoms with E-state index in [1.165, 1.54) is 6.92 Å². The van der Waals surface area contributed by atoms with Gasteiger partial charge < -0.3 is 10.2 Å². The molecule has 4 atom stereocenters. The van der Waals surface area contributed by atoms with Crippen LogP contribution in [0, 0.1) is 11.3 Å². The Morgan fingerprint density at radius 3 is 2.60 bits per heavy atom. The van der Waals surface area contributed by atoms with E-state index in [-0.39, 0.29) is 23.6 Å². The maximum atomic E-state index is 13.7. The number of nitrogens with zero attached hydrogens (tertiary/aromatic N) is 2. The third-order valence-electron chi connectivity index (χ3n) is 7.32. The van der Waals surface area contributed by atoms with E-state index in [9.17, 15) is 14.4 Å². The normalized spacial score (nSPS) is 30.1. The van der Waals surface area contributed by atoms with Gasteiger partial charge in [-0.25, -0.2) is 0 Å². The molecular formula is C24H31N3O3. The number of hydrogen-bond donors (Lipinski definition) is 1. The van der Waals surface area contributed by atoms with Crippen molar-refractivity contribution in [3.63, 3.8) is 0 Å². The number of amides is 3. The van der Waals surface area contributed by atoms with Crippen molar-refractivity contribution in [1.29, 1.82) is 0 Å². The van der Waals surface area contributed by atoms with E-state index in [0.29, 0.717) is 12.8 Å². The summed E-state index contributed by atoms with van der Waals surface area (Å²) in [5.74, 6) is -0.0968. The summed E-state index contributed by atoms with van der Waals surface area (Å²) < 4.78 is 0.